The van der Waals surface area contributed by atoms with Crippen LogP contribution in [0.1, 0.15) is 57.8 Å². The van der Waals surface area contributed by atoms with Gasteiger partial charge in [-0.3, -0.25) is 0 Å². The second-order valence-corrected chi connectivity index (χ2v) is 9.18. The smallest absolute Gasteiger partial charge is 0.410 e. The van der Waals surface area contributed by atoms with Crippen molar-refractivity contribution in [2.45, 2.75) is 57.6 Å². The van der Waals surface area contributed by atoms with Gasteiger partial charge in [0, 0.05) is 53.8 Å². The molecule has 4 rings (SSSR count). The van der Waals surface area contributed by atoms with Gasteiger partial charge in [-0.2, -0.15) is 0 Å². The molecule has 0 bridgehead atoms. The lowest BCUT2D eigenvalue weighted by Gasteiger charge is -2.46. The number of carbonyl (C=O) groups is 1. The summed E-state index contributed by atoms with van der Waals surface area (Å²) in [5.74, 6) is 0.862. The molecule has 0 unspecified atom stereocenters. The summed E-state index contributed by atoms with van der Waals surface area (Å²) < 4.78 is 11.0. The lowest BCUT2D eigenvalue weighted by atomic mass is 9.69. The van der Waals surface area contributed by atoms with Crippen LogP contribution in [0.25, 0.3) is 10.9 Å². The van der Waals surface area contributed by atoms with E-state index in [1.165, 1.54) is 16.6 Å². The molecule has 0 aliphatic carbocycles. The van der Waals surface area contributed by atoms with E-state index in [1.54, 1.807) is 7.11 Å². The quantitative estimate of drug-likeness (QED) is 0.775. The minimum absolute atomic E-state index is 0.0349. The lowest BCUT2D eigenvalue weighted by Crippen LogP contribution is -2.53. The van der Waals surface area contributed by atoms with E-state index in [-0.39, 0.29) is 17.6 Å². The predicted octanol–water partition coefficient (Wildman–Crippen LogP) is 4.11. The van der Waals surface area contributed by atoms with Crippen molar-refractivity contribution in [3.63, 3.8) is 0 Å². The number of nitrogens with zero attached hydrogens (tertiary/aromatic N) is 1. The maximum Gasteiger partial charge on any atom is 0.410 e. The molecule has 2 aliphatic heterocycles. The number of carbonyl (C=O) groups excluding carboxylic acids is 1. The Labute approximate surface area is 166 Å². The van der Waals surface area contributed by atoms with Crippen LogP contribution >= 0.6 is 0 Å². The number of likely N-dealkylation sites (tertiary alicyclic amines) is 1. The SMILES string of the molecule is COc1ccc2c3c([nH]c2c1)[C@H](C)NCC31CCN(C(=O)OC(C)(C)C)CC1. The third-order valence-electron chi connectivity index (χ3n) is 6.12. The molecule has 1 spiro atoms. The minimum atomic E-state index is -0.461. The van der Waals surface area contributed by atoms with Gasteiger partial charge in [0.2, 0.25) is 0 Å². The summed E-state index contributed by atoms with van der Waals surface area (Å²) in [4.78, 5) is 18.0. The molecule has 2 N–H and O–H groups in total. The van der Waals surface area contributed by atoms with Gasteiger partial charge in [0.05, 0.1) is 7.11 Å². The summed E-state index contributed by atoms with van der Waals surface area (Å²) in [5.41, 5.74) is 3.37. The minimum Gasteiger partial charge on any atom is -0.497 e. The normalized spacial score (nSPS) is 21.6. The van der Waals surface area contributed by atoms with Gasteiger partial charge in [0.25, 0.3) is 0 Å². The number of nitrogens with one attached hydrogen (secondary N) is 2. The van der Waals surface area contributed by atoms with E-state index in [4.69, 9.17) is 9.47 Å². The molecule has 1 atom stereocenters. The van der Waals surface area contributed by atoms with Gasteiger partial charge in [-0.05, 0) is 58.2 Å². The standard InChI is InChI=1S/C22H31N3O3/c1-14-19-18(16-7-6-15(27-5)12-17(16)24-19)22(13-23-14)8-10-25(11-9-22)20(26)28-21(2,3)4/h6-7,12,14,23-24H,8-11,13H2,1-5H3/t14-/m0/s1. The number of ether oxygens (including phenoxy) is 2. The maximum absolute atomic E-state index is 12.5. The van der Waals surface area contributed by atoms with Gasteiger partial charge >= 0.3 is 6.09 Å². The first-order valence-electron chi connectivity index (χ1n) is 10.1. The fraction of sp³-hybridized carbons (Fsp3) is 0.591. The molecule has 1 amide bonds. The van der Waals surface area contributed by atoms with Crippen LogP contribution in [0.3, 0.4) is 0 Å². The monoisotopic (exact) mass is 385 g/mol. The van der Waals surface area contributed by atoms with Crippen LogP contribution in [0.4, 0.5) is 4.79 Å². The number of aromatic nitrogens is 1. The Morgan fingerprint density at radius 1 is 1.25 bits per heavy atom. The first-order valence-corrected chi connectivity index (χ1v) is 10.1. The highest BCUT2D eigenvalue weighted by atomic mass is 16.6. The average Bonchev–Trinajstić information content (AvgIpc) is 3.04. The third kappa shape index (κ3) is 3.24. The second kappa shape index (κ2) is 6.69. The summed E-state index contributed by atoms with van der Waals surface area (Å²) in [5, 5.41) is 4.95. The van der Waals surface area contributed by atoms with Crippen LogP contribution < -0.4 is 10.1 Å². The third-order valence-corrected chi connectivity index (χ3v) is 6.12. The Bertz CT molecular complexity index is 888. The van der Waals surface area contributed by atoms with Crippen molar-refractivity contribution >= 4 is 17.0 Å². The molecule has 0 radical (unpaired) electrons. The summed E-state index contributed by atoms with van der Waals surface area (Å²) in [7, 11) is 1.70. The Hall–Kier alpha value is -2.21. The van der Waals surface area contributed by atoms with Crippen molar-refractivity contribution in [1.29, 1.82) is 0 Å². The maximum atomic E-state index is 12.5. The van der Waals surface area contributed by atoms with Crippen LogP contribution in [-0.2, 0) is 10.2 Å². The molecule has 1 aromatic carbocycles. The van der Waals surface area contributed by atoms with Gasteiger partial charge in [-0.1, -0.05) is 0 Å². The summed E-state index contributed by atoms with van der Waals surface area (Å²) in [6, 6.07) is 6.56. The van der Waals surface area contributed by atoms with Crippen molar-refractivity contribution in [3.05, 3.63) is 29.5 Å². The number of hydrogen-bond acceptors (Lipinski definition) is 4. The number of methoxy groups -OCH3 is 1. The van der Waals surface area contributed by atoms with E-state index in [1.807, 2.05) is 31.7 Å². The summed E-state index contributed by atoms with van der Waals surface area (Å²) >= 11 is 0. The number of rotatable bonds is 1. The van der Waals surface area contributed by atoms with Gasteiger partial charge in [0.1, 0.15) is 11.4 Å². The fourth-order valence-corrected chi connectivity index (χ4v) is 4.63. The van der Waals surface area contributed by atoms with Gasteiger partial charge in [-0.25, -0.2) is 4.79 Å². The van der Waals surface area contributed by atoms with Crippen LogP contribution in [0.2, 0.25) is 0 Å². The van der Waals surface area contributed by atoms with Crippen LogP contribution in [0.15, 0.2) is 18.2 Å². The van der Waals surface area contributed by atoms with E-state index in [0.29, 0.717) is 13.1 Å². The zero-order valence-electron chi connectivity index (χ0n) is 17.5. The number of hydrogen-bond donors (Lipinski definition) is 2. The zero-order valence-corrected chi connectivity index (χ0v) is 17.5. The summed E-state index contributed by atoms with van der Waals surface area (Å²) in [6.07, 6.45) is 1.65. The highest BCUT2D eigenvalue weighted by Crippen LogP contribution is 2.46. The number of piperidine rings is 1. The van der Waals surface area contributed by atoms with Crippen LogP contribution in [-0.4, -0.2) is 48.3 Å². The number of aromatic amines is 1. The molecule has 1 saturated heterocycles. The highest BCUT2D eigenvalue weighted by molar-refractivity contribution is 5.87. The molecule has 1 fully saturated rings. The number of H-pyrrole nitrogens is 1. The van der Waals surface area contributed by atoms with Crippen LogP contribution in [0, 0.1) is 0 Å². The van der Waals surface area contributed by atoms with E-state index in [2.05, 4.69) is 29.4 Å². The molecule has 6 nitrogen and oxygen atoms in total. The first-order chi connectivity index (χ1) is 13.2. The molecule has 1 aromatic heterocycles. The van der Waals surface area contributed by atoms with Crippen molar-refractivity contribution in [2.24, 2.45) is 0 Å². The number of fused-ring (bicyclic) bond motifs is 4. The van der Waals surface area contributed by atoms with E-state index >= 15 is 0 Å². The van der Waals surface area contributed by atoms with Gasteiger partial charge in [-0.15, -0.1) is 0 Å². The van der Waals surface area contributed by atoms with Crippen molar-refractivity contribution in [2.75, 3.05) is 26.7 Å². The van der Waals surface area contributed by atoms with E-state index in [9.17, 15) is 4.79 Å². The molecule has 28 heavy (non-hydrogen) atoms. The zero-order chi connectivity index (χ0) is 20.1. The molecule has 0 saturated carbocycles. The molecule has 3 heterocycles. The van der Waals surface area contributed by atoms with Gasteiger partial charge in [0.15, 0.2) is 0 Å². The second-order valence-electron chi connectivity index (χ2n) is 9.18. The Kier molecular flexibility index (Phi) is 4.57. The van der Waals surface area contributed by atoms with Gasteiger partial charge < -0.3 is 24.7 Å². The molecule has 6 heteroatoms. The molecular weight excluding hydrogens is 354 g/mol. The highest BCUT2D eigenvalue weighted by Gasteiger charge is 2.44. The van der Waals surface area contributed by atoms with Crippen molar-refractivity contribution < 1.29 is 14.3 Å². The summed E-state index contributed by atoms with van der Waals surface area (Å²) in [6.45, 7) is 10.3. The van der Waals surface area contributed by atoms with E-state index < -0.39 is 5.60 Å². The molecule has 2 aliphatic rings. The number of benzene rings is 1. The fourth-order valence-electron chi connectivity index (χ4n) is 4.63. The Balaban J connectivity index is 1.64. The molecular formula is C22H31N3O3. The predicted molar refractivity (Wildman–Crippen MR) is 110 cm³/mol. The lowest BCUT2D eigenvalue weighted by molar-refractivity contribution is 0.0158. The Morgan fingerprint density at radius 3 is 2.61 bits per heavy atom. The molecule has 2 aromatic rings. The van der Waals surface area contributed by atoms with Crippen LogP contribution in [0.5, 0.6) is 5.75 Å². The van der Waals surface area contributed by atoms with Crippen molar-refractivity contribution in [1.82, 2.24) is 15.2 Å². The first kappa shape index (κ1) is 19.1. The van der Waals surface area contributed by atoms with E-state index in [0.717, 1.165) is 30.7 Å². The topological polar surface area (TPSA) is 66.6 Å². The molecule has 152 valence electrons. The average molecular weight is 386 g/mol. The largest absolute Gasteiger partial charge is 0.497 e. The number of amides is 1. The Morgan fingerprint density at radius 2 is 1.96 bits per heavy atom. The van der Waals surface area contributed by atoms with Crippen molar-refractivity contribution in [3.8, 4) is 5.75 Å².